The van der Waals surface area contributed by atoms with Gasteiger partial charge in [-0.05, 0) is 40.1 Å². The Kier molecular flexibility index (Phi) is 7.13. The van der Waals surface area contributed by atoms with E-state index in [1.54, 1.807) is 0 Å². The van der Waals surface area contributed by atoms with Gasteiger partial charge in [-0.1, -0.05) is 0 Å². The summed E-state index contributed by atoms with van der Waals surface area (Å²) in [5.74, 6) is -1.82. The van der Waals surface area contributed by atoms with Gasteiger partial charge in [0.05, 0.1) is 7.11 Å². The third-order valence-electron chi connectivity index (χ3n) is 3.47. The number of nitrogens with zero attached hydrogens (tertiary/aromatic N) is 8. The molecule has 0 bridgehead atoms. The first-order chi connectivity index (χ1) is 13.4. The summed E-state index contributed by atoms with van der Waals surface area (Å²) in [6.45, 7) is 0.608. The van der Waals surface area contributed by atoms with E-state index in [2.05, 4.69) is 25.6 Å². The molecule has 14 nitrogen and oxygen atoms in total. The number of aliphatic carboxylic acids is 1. The molecule has 2 aromatic rings. The van der Waals surface area contributed by atoms with Gasteiger partial charge in [0.15, 0.2) is 0 Å². The van der Waals surface area contributed by atoms with Gasteiger partial charge in [0.25, 0.3) is 0 Å². The lowest BCUT2D eigenvalue weighted by Crippen LogP contribution is -2.24. The highest BCUT2D eigenvalue weighted by Crippen LogP contribution is 1.98. The fraction of sp³-hybridized carbons (Fsp3) is 0.429. The van der Waals surface area contributed by atoms with E-state index in [1.165, 1.54) is 7.11 Å². The number of unbranched alkanes of at least 4 members (excludes halogenated alkanes) is 2. The van der Waals surface area contributed by atoms with Crippen LogP contribution in [0.4, 0.5) is 0 Å². The molecule has 1 N–H and O–H groups in total. The SMILES string of the molecule is COC(=O)/C=C\n1nnn(CCCCCn2nnn(/C=C/C(=O)O)c2=O)c1=O. The number of carboxylic acids is 1. The monoisotopic (exact) mass is 394 g/mol. The van der Waals surface area contributed by atoms with Crippen molar-refractivity contribution in [1.29, 1.82) is 0 Å². The molecule has 0 amide bonds. The first-order valence-corrected chi connectivity index (χ1v) is 8.14. The van der Waals surface area contributed by atoms with Crippen LogP contribution >= 0.6 is 0 Å². The molecule has 0 aliphatic carbocycles. The second-order valence-corrected chi connectivity index (χ2v) is 5.41. The lowest BCUT2D eigenvalue weighted by Gasteiger charge is -2.00. The fourth-order valence-electron chi connectivity index (χ4n) is 2.07. The zero-order valence-electron chi connectivity index (χ0n) is 14.9. The summed E-state index contributed by atoms with van der Waals surface area (Å²) >= 11 is 0. The van der Waals surface area contributed by atoms with E-state index >= 15 is 0 Å². The molecule has 0 aromatic carbocycles. The van der Waals surface area contributed by atoms with Crippen molar-refractivity contribution in [2.75, 3.05) is 7.11 Å². The van der Waals surface area contributed by atoms with Gasteiger partial charge >= 0.3 is 23.3 Å². The largest absolute Gasteiger partial charge is 0.478 e. The van der Waals surface area contributed by atoms with Crippen LogP contribution in [0.25, 0.3) is 12.4 Å². The Morgan fingerprint density at radius 1 is 0.893 bits per heavy atom. The quantitative estimate of drug-likeness (QED) is 0.277. The molecule has 2 rings (SSSR count). The summed E-state index contributed by atoms with van der Waals surface area (Å²) in [6.07, 6.45) is 5.86. The van der Waals surface area contributed by atoms with Crippen LogP contribution in [0, 0.1) is 0 Å². The molecule has 0 saturated carbocycles. The highest BCUT2D eigenvalue weighted by Gasteiger charge is 2.06. The van der Waals surface area contributed by atoms with Crippen LogP contribution < -0.4 is 11.4 Å². The predicted molar refractivity (Wildman–Crippen MR) is 92.7 cm³/mol. The smallest absolute Gasteiger partial charge is 0.367 e. The number of carboxylic acid groups (broad SMARTS) is 1. The van der Waals surface area contributed by atoms with E-state index < -0.39 is 23.3 Å². The molecule has 14 heteroatoms. The highest BCUT2D eigenvalue weighted by atomic mass is 16.5. The van der Waals surface area contributed by atoms with Crippen molar-refractivity contribution in [3.63, 3.8) is 0 Å². The lowest BCUT2D eigenvalue weighted by atomic mass is 10.2. The Labute approximate surface area is 156 Å². The molecule has 150 valence electrons. The maximum absolute atomic E-state index is 12.0. The zero-order valence-corrected chi connectivity index (χ0v) is 14.9. The van der Waals surface area contributed by atoms with E-state index in [0.717, 1.165) is 43.3 Å². The van der Waals surface area contributed by atoms with Crippen molar-refractivity contribution in [3.8, 4) is 0 Å². The van der Waals surface area contributed by atoms with Crippen LogP contribution in [0.1, 0.15) is 19.3 Å². The van der Waals surface area contributed by atoms with Crippen LogP contribution in [0.2, 0.25) is 0 Å². The van der Waals surface area contributed by atoms with Crippen molar-refractivity contribution < 1.29 is 19.4 Å². The van der Waals surface area contributed by atoms with Gasteiger partial charge in [-0.2, -0.15) is 18.7 Å². The number of esters is 1. The van der Waals surface area contributed by atoms with E-state index in [9.17, 15) is 19.2 Å². The van der Waals surface area contributed by atoms with Gasteiger partial charge in [0, 0.05) is 37.6 Å². The van der Waals surface area contributed by atoms with Gasteiger partial charge in [-0.25, -0.2) is 19.2 Å². The number of rotatable bonds is 10. The second kappa shape index (κ2) is 9.75. The van der Waals surface area contributed by atoms with Crippen LogP contribution in [-0.2, 0) is 27.4 Å². The van der Waals surface area contributed by atoms with Crippen molar-refractivity contribution >= 4 is 24.3 Å². The van der Waals surface area contributed by atoms with E-state index in [-0.39, 0.29) is 0 Å². The molecule has 28 heavy (non-hydrogen) atoms. The first kappa shape index (κ1) is 20.5. The number of methoxy groups -OCH3 is 1. The molecule has 2 aromatic heterocycles. The summed E-state index contributed by atoms with van der Waals surface area (Å²) in [6, 6.07) is 0. The average molecular weight is 394 g/mol. The molecular formula is C14H18N8O6. The third-order valence-corrected chi connectivity index (χ3v) is 3.47. The minimum absolute atomic E-state index is 0.295. The van der Waals surface area contributed by atoms with Gasteiger partial charge < -0.3 is 9.84 Å². The first-order valence-electron chi connectivity index (χ1n) is 8.14. The average Bonchev–Trinajstić information content (AvgIpc) is 3.20. The molecule has 0 atom stereocenters. The van der Waals surface area contributed by atoms with Crippen molar-refractivity contribution in [3.05, 3.63) is 33.1 Å². The third kappa shape index (κ3) is 5.58. The molecule has 0 aliphatic rings. The normalized spacial score (nSPS) is 11.5. The standard InChI is InChI=1S/C14H18N8O6/c1-28-12(25)6-10-22-14(27)20(16-18-22)8-4-2-3-7-19-13(26)21(17-15-19)9-5-11(23)24/h5-6,9-10H,2-4,7-8H2,1H3,(H,23,24)/b9-5+,10-6-. The second-order valence-electron chi connectivity index (χ2n) is 5.41. The number of aryl methyl sites for hydroxylation is 2. The van der Waals surface area contributed by atoms with E-state index in [4.69, 9.17) is 5.11 Å². The van der Waals surface area contributed by atoms with Gasteiger partial charge in [-0.3, -0.25) is 0 Å². The number of carbonyl (C=O) groups excluding carboxylic acids is 1. The van der Waals surface area contributed by atoms with Crippen molar-refractivity contribution in [1.82, 2.24) is 39.6 Å². The topological polar surface area (TPSA) is 169 Å². The van der Waals surface area contributed by atoms with Gasteiger partial charge in [0.2, 0.25) is 0 Å². The van der Waals surface area contributed by atoms with Gasteiger partial charge in [-0.15, -0.1) is 0 Å². The van der Waals surface area contributed by atoms with Crippen LogP contribution in [0.3, 0.4) is 0 Å². The molecule has 2 heterocycles. The number of ether oxygens (including phenoxy) is 1. The Bertz CT molecular complexity index is 994. The molecular weight excluding hydrogens is 376 g/mol. The van der Waals surface area contributed by atoms with Crippen LogP contribution in [-0.4, -0.2) is 63.7 Å². The number of hydrogen-bond donors (Lipinski definition) is 1. The number of hydrogen-bond acceptors (Lipinski definition) is 9. The zero-order chi connectivity index (χ0) is 20.5. The Morgan fingerprint density at radius 3 is 1.86 bits per heavy atom. The molecule has 0 fully saturated rings. The van der Waals surface area contributed by atoms with Gasteiger partial charge in [0.1, 0.15) is 0 Å². The Hall–Kier alpha value is -3.84. The summed E-state index contributed by atoms with van der Waals surface area (Å²) in [7, 11) is 1.22. The van der Waals surface area contributed by atoms with Crippen LogP contribution in [0.5, 0.6) is 0 Å². The minimum Gasteiger partial charge on any atom is -0.478 e. The Morgan fingerprint density at radius 2 is 1.39 bits per heavy atom. The molecule has 0 saturated heterocycles. The number of carbonyl (C=O) groups is 2. The summed E-state index contributed by atoms with van der Waals surface area (Å²) in [5.41, 5.74) is -1.04. The summed E-state index contributed by atoms with van der Waals surface area (Å²) in [5, 5.41) is 23.1. The predicted octanol–water partition coefficient (Wildman–Crippen LogP) is -1.74. The van der Waals surface area contributed by atoms with Crippen LogP contribution in [0.15, 0.2) is 21.7 Å². The molecule has 0 unspecified atom stereocenters. The van der Waals surface area contributed by atoms with E-state index in [1.807, 2.05) is 0 Å². The fourth-order valence-corrected chi connectivity index (χ4v) is 2.07. The summed E-state index contributed by atoms with van der Waals surface area (Å²) in [4.78, 5) is 45.3. The minimum atomic E-state index is -1.20. The number of tetrazole rings is 2. The summed E-state index contributed by atoms with van der Waals surface area (Å²) < 4.78 is 8.43. The maximum atomic E-state index is 12.0. The number of aromatic nitrogens is 8. The van der Waals surface area contributed by atoms with Crippen molar-refractivity contribution in [2.24, 2.45) is 0 Å². The van der Waals surface area contributed by atoms with Crippen molar-refractivity contribution in [2.45, 2.75) is 32.4 Å². The van der Waals surface area contributed by atoms with E-state index in [0.29, 0.717) is 32.4 Å². The molecule has 0 radical (unpaired) electrons. The molecule has 0 aliphatic heterocycles. The maximum Gasteiger partial charge on any atom is 0.367 e. The lowest BCUT2D eigenvalue weighted by molar-refractivity contribution is -0.135. The Balaban J connectivity index is 1.80. The molecule has 0 spiro atoms. The highest BCUT2D eigenvalue weighted by molar-refractivity contribution is 5.84.